The van der Waals surface area contributed by atoms with Crippen molar-refractivity contribution in [2.45, 2.75) is 71.4 Å². The van der Waals surface area contributed by atoms with Gasteiger partial charge in [-0.3, -0.25) is 19.4 Å². The molecule has 0 saturated carbocycles. The van der Waals surface area contributed by atoms with E-state index in [4.69, 9.17) is 26.7 Å². The lowest BCUT2D eigenvalue weighted by molar-refractivity contribution is -0.141. The minimum Gasteiger partial charge on any atom is -0.493 e. The minimum absolute atomic E-state index is 0.0355. The number of nitrogens with two attached hydrogens (primary N) is 3. The second-order valence-electron chi connectivity index (χ2n) is 9.71. The van der Waals surface area contributed by atoms with Crippen LogP contribution in [0, 0.1) is 11.8 Å². The number of aliphatic imine (C=N–C) groups is 1. The molecule has 0 bridgehead atoms. The molecule has 0 heterocycles. The van der Waals surface area contributed by atoms with Gasteiger partial charge in [-0.25, -0.2) is 0 Å². The van der Waals surface area contributed by atoms with Crippen LogP contribution in [0.25, 0.3) is 0 Å². The first-order chi connectivity index (χ1) is 18.6. The molecule has 11 heteroatoms. The van der Waals surface area contributed by atoms with Gasteiger partial charge in [0, 0.05) is 25.9 Å². The maximum atomic E-state index is 13.0. The highest BCUT2D eigenvalue weighted by molar-refractivity contribution is 5.88. The summed E-state index contributed by atoms with van der Waals surface area (Å²) in [6.45, 7) is 4.33. The summed E-state index contributed by atoms with van der Waals surface area (Å²) < 4.78 is 11.0. The molecule has 0 aromatic heterocycles. The van der Waals surface area contributed by atoms with Gasteiger partial charge in [0.15, 0.2) is 23.2 Å². The zero-order chi connectivity index (χ0) is 29.2. The number of ether oxygens (including phenoxy) is 2. The number of ketones is 1. The standard InChI is InChI=1S/C28H45N5O6/c1-19(2)9-6-4-5-7-11-26(36)33-17-20-12-13-24(25(15-20)38-3)39-27(37)21(10-8-14-32-28(30)31)16-23(35)22(29)18-34/h6,9,12-13,15,19,21-22,34H,4-5,7-8,10-11,14,16-18,29H2,1-3H3,(H,33,36)(H4,30,31,32)/b9-6+/t21-,22+/m1/s1. The van der Waals surface area contributed by atoms with Gasteiger partial charge in [0.2, 0.25) is 5.91 Å². The lowest BCUT2D eigenvalue weighted by Gasteiger charge is -2.18. The van der Waals surface area contributed by atoms with Crippen molar-refractivity contribution in [1.82, 2.24) is 5.32 Å². The number of nitrogens with one attached hydrogen (secondary N) is 1. The van der Waals surface area contributed by atoms with E-state index in [0.717, 1.165) is 24.8 Å². The van der Waals surface area contributed by atoms with E-state index >= 15 is 0 Å². The molecule has 0 radical (unpaired) electrons. The number of rotatable bonds is 19. The van der Waals surface area contributed by atoms with Crippen LogP contribution < -0.4 is 32.0 Å². The molecule has 1 rings (SSSR count). The number of amides is 1. The summed E-state index contributed by atoms with van der Waals surface area (Å²) in [6.07, 6.45) is 8.01. The average Bonchev–Trinajstić information content (AvgIpc) is 2.90. The van der Waals surface area contributed by atoms with Gasteiger partial charge in [-0.1, -0.05) is 32.1 Å². The van der Waals surface area contributed by atoms with Crippen LogP contribution >= 0.6 is 0 Å². The van der Waals surface area contributed by atoms with Gasteiger partial charge in [0.1, 0.15) is 0 Å². The number of Topliss-reactive ketones (excluding diaryl/α,β-unsaturated/α-hetero) is 1. The number of nitrogens with zero attached hydrogens (tertiary/aromatic N) is 1. The number of carbonyl (C=O) groups is 3. The fourth-order valence-corrected chi connectivity index (χ4v) is 3.65. The highest BCUT2D eigenvalue weighted by Gasteiger charge is 2.27. The number of hydrogen-bond donors (Lipinski definition) is 5. The Bertz CT molecular complexity index is 975. The highest BCUT2D eigenvalue weighted by Crippen LogP contribution is 2.30. The van der Waals surface area contributed by atoms with Crippen molar-refractivity contribution in [1.29, 1.82) is 0 Å². The Labute approximate surface area is 231 Å². The maximum absolute atomic E-state index is 13.0. The normalized spacial score (nSPS) is 12.7. The Morgan fingerprint density at radius 1 is 1.13 bits per heavy atom. The molecule has 39 heavy (non-hydrogen) atoms. The number of allylic oxidation sites excluding steroid dienone is 2. The molecular weight excluding hydrogens is 502 g/mol. The number of methoxy groups -OCH3 is 1. The Hall–Kier alpha value is -3.44. The second-order valence-corrected chi connectivity index (χ2v) is 9.71. The number of carbonyl (C=O) groups excluding carboxylic acids is 3. The van der Waals surface area contributed by atoms with Crippen LogP contribution in [0.2, 0.25) is 0 Å². The van der Waals surface area contributed by atoms with Crippen LogP contribution in [0.15, 0.2) is 35.3 Å². The molecule has 218 valence electrons. The SMILES string of the molecule is COc1cc(CNC(=O)CCCC/C=C/C(C)C)ccc1OC(=O)[C@H](CCCN=C(N)N)CC(=O)[C@@H](N)CO. The average molecular weight is 548 g/mol. The Morgan fingerprint density at radius 3 is 2.51 bits per heavy atom. The van der Waals surface area contributed by atoms with E-state index in [1.807, 2.05) is 0 Å². The fourth-order valence-electron chi connectivity index (χ4n) is 3.65. The molecule has 0 saturated heterocycles. The van der Waals surface area contributed by atoms with Crippen molar-refractivity contribution in [2.24, 2.45) is 34.0 Å². The molecule has 0 aliphatic heterocycles. The van der Waals surface area contributed by atoms with Crippen molar-refractivity contribution in [3.63, 3.8) is 0 Å². The number of guanidine groups is 1. The molecule has 1 aromatic rings. The number of hydrogen-bond acceptors (Lipinski definition) is 8. The van der Waals surface area contributed by atoms with Crippen LogP contribution in [-0.2, 0) is 20.9 Å². The Balaban J connectivity index is 2.73. The van der Waals surface area contributed by atoms with Crippen molar-refractivity contribution in [3.05, 3.63) is 35.9 Å². The van der Waals surface area contributed by atoms with Crippen molar-refractivity contribution < 1.29 is 29.0 Å². The molecule has 8 N–H and O–H groups in total. The van der Waals surface area contributed by atoms with E-state index in [1.165, 1.54) is 7.11 Å². The number of benzene rings is 1. The summed E-state index contributed by atoms with van der Waals surface area (Å²) in [4.78, 5) is 41.4. The summed E-state index contributed by atoms with van der Waals surface area (Å²) in [7, 11) is 1.44. The number of unbranched alkanes of at least 4 members (excludes halogenated alkanes) is 2. The van der Waals surface area contributed by atoms with Gasteiger partial charge in [-0.05, 0) is 55.7 Å². The summed E-state index contributed by atoms with van der Waals surface area (Å²) in [5.74, 6) is -0.982. The first-order valence-corrected chi connectivity index (χ1v) is 13.3. The van der Waals surface area contributed by atoms with E-state index in [0.29, 0.717) is 31.1 Å². The van der Waals surface area contributed by atoms with Crippen LogP contribution in [0.5, 0.6) is 11.5 Å². The number of aliphatic hydroxyl groups excluding tert-OH is 1. The molecule has 2 atom stereocenters. The van der Waals surface area contributed by atoms with Crippen molar-refractivity contribution in [2.75, 3.05) is 20.3 Å². The summed E-state index contributed by atoms with van der Waals surface area (Å²) in [5, 5.41) is 12.1. The lowest BCUT2D eigenvalue weighted by atomic mass is 9.94. The van der Waals surface area contributed by atoms with E-state index < -0.39 is 30.3 Å². The minimum atomic E-state index is -1.08. The van der Waals surface area contributed by atoms with E-state index in [-0.39, 0.29) is 37.0 Å². The molecule has 11 nitrogen and oxygen atoms in total. The van der Waals surface area contributed by atoms with Gasteiger partial charge in [-0.2, -0.15) is 0 Å². The lowest BCUT2D eigenvalue weighted by Crippen LogP contribution is -2.37. The molecule has 0 spiro atoms. The summed E-state index contributed by atoms with van der Waals surface area (Å²) in [5.41, 5.74) is 17.1. The fraction of sp³-hybridized carbons (Fsp3) is 0.571. The van der Waals surface area contributed by atoms with E-state index in [1.54, 1.807) is 18.2 Å². The molecule has 0 unspecified atom stereocenters. The van der Waals surface area contributed by atoms with Crippen LogP contribution in [0.3, 0.4) is 0 Å². The van der Waals surface area contributed by atoms with Crippen molar-refractivity contribution >= 4 is 23.6 Å². The molecule has 1 aromatic carbocycles. The molecule has 0 aliphatic rings. The van der Waals surface area contributed by atoms with Gasteiger partial charge in [0.05, 0.1) is 25.7 Å². The number of esters is 1. The largest absolute Gasteiger partial charge is 0.493 e. The maximum Gasteiger partial charge on any atom is 0.314 e. The van der Waals surface area contributed by atoms with Gasteiger partial charge in [-0.15, -0.1) is 0 Å². The van der Waals surface area contributed by atoms with Gasteiger partial charge < -0.3 is 37.1 Å². The van der Waals surface area contributed by atoms with Gasteiger partial charge >= 0.3 is 5.97 Å². The monoisotopic (exact) mass is 547 g/mol. The first kappa shape index (κ1) is 33.6. The third-order valence-electron chi connectivity index (χ3n) is 5.87. The van der Waals surface area contributed by atoms with Crippen LogP contribution in [0.1, 0.15) is 64.4 Å². The third kappa shape index (κ3) is 14.3. The quantitative estimate of drug-likeness (QED) is 0.0430. The topological polar surface area (TPSA) is 192 Å². The summed E-state index contributed by atoms with van der Waals surface area (Å²) in [6, 6.07) is 3.91. The highest BCUT2D eigenvalue weighted by atomic mass is 16.6. The predicted molar refractivity (Wildman–Crippen MR) is 151 cm³/mol. The Morgan fingerprint density at radius 2 is 1.87 bits per heavy atom. The smallest absolute Gasteiger partial charge is 0.314 e. The van der Waals surface area contributed by atoms with Crippen LogP contribution in [0.4, 0.5) is 0 Å². The van der Waals surface area contributed by atoms with E-state index in [9.17, 15) is 19.5 Å². The molecule has 1 amide bonds. The molecule has 0 aliphatic carbocycles. The van der Waals surface area contributed by atoms with E-state index in [2.05, 4.69) is 36.3 Å². The molecular formula is C28H45N5O6. The zero-order valence-corrected chi connectivity index (χ0v) is 23.4. The zero-order valence-electron chi connectivity index (χ0n) is 23.4. The van der Waals surface area contributed by atoms with Crippen molar-refractivity contribution in [3.8, 4) is 11.5 Å². The Kier molecular flexibility index (Phi) is 16.1. The van der Waals surface area contributed by atoms with Crippen LogP contribution in [-0.4, -0.2) is 55.0 Å². The number of aliphatic hydroxyl groups is 1. The summed E-state index contributed by atoms with van der Waals surface area (Å²) >= 11 is 0. The third-order valence-corrected chi connectivity index (χ3v) is 5.87. The predicted octanol–water partition coefficient (Wildman–Crippen LogP) is 1.94. The molecule has 0 fully saturated rings. The first-order valence-electron chi connectivity index (χ1n) is 13.3. The van der Waals surface area contributed by atoms with Gasteiger partial charge in [0.25, 0.3) is 0 Å². The second kappa shape index (κ2) is 18.8.